The quantitative estimate of drug-likeness (QED) is 0.871. The maximum Gasteiger partial charge on any atom is 0.242 e. The van der Waals surface area contributed by atoms with Gasteiger partial charge >= 0.3 is 0 Å². The van der Waals surface area contributed by atoms with E-state index in [0.717, 1.165) is 50.5 Å². The van der Waals surface area contributed by atoms with Crippen molar-refractivity contribution in [1.82, 2.24) is 14.5 Å². The lowest BCUT2D eigenvalue weighted by Crippen LogP contribution is -2.47. The van der Waals surface area contributed by atoms with Crippen LogP contribution in [0.4, 0.5) is 0 Å². The van der Waals surface area contributed by atoms with Gasteiger partial charge in [-0.25, -0.2) is 4.98 Å². The summed E-state index contributed by atoms with van der Waals surface area (Å²) in [6.45, 7) is 3.68. The molecule has 1 spiro atoms. The van der Waals surface area contributed by atoms with Crippen molar-refractivity contribution >= 4 is 5.91 Å². The molecule has 1 amide bonds. The van der Waals surface area contributed by atoms with E-state index in [-0.39, 0.29) is 11.3 Å². The number of carbonyl (C=O) groups excluding carboxylic acids is 1. The Morgan fingerprint density at radius 2 is 2.12 bits per heavy atom. The van der Waals surface area contributed by atoms with Crippen molar-refractivity contribution in [2.45, 2.75) is 25.8 Å². The van der Waals surface area contributed by atoms with E-state index in [0.29, 0.717) is 6.54 Å². The molecule has 4 rings (SSSR count). The molecular formula is C19H23N3O2. The predicted octanol–water partition coefficient (Wildman–Crippen LogP) is 2.58. The fourth-order valence-electron chi connectivity index (χ4n) is 3.92. The average molecular weight is 325 g/mol. The lowest BCUT2D eigenvalue weighted by molar-refractivity contribution is -0.135. The van der Waals surface area contributed by atoms with E-state index in [2.05, 4.69) is 4.98 Å². The van der Waals surface area contributed by atoms with Crippen LogP contribution in [0.3, 0.4) is 0 Å². The Labute approximate surface area is 142 Å². The summed E-state index contributed by atoms with van der Waals surface area (Å²) in [4.78, 5) is 19.3. The Bertz CT molecular complexity index is 704. The molecule has 24 heavy (non-hydrogen) atoms. The van der Waals surface area contributed by atoms with Gasteiger partial charge in [-0.2, -0.15) is 0 Å². The van der Waals surface area contributed by atoms with Gasteiger partial charge in [-0.15, -0.1) is 0 Å². The monoisotopic (exact) mass is 325 g/mol. The molecule has 2 aliphatic heterocycles. The number of nitrogens with zero attached hydrogens (tertiary/aromatic N) is 3. The zero-order valence-corrected chi connectivity index (χ0v) is 13.9. The van der Waals surface area contributed by atoms with E-state index >= 15 is 0 Å². The van der Waals surface area contributed by atoms with Crippen LogP contribution in [0.2, 0.25) is 0 Å². The van der Waals surface area contributed by atoms with Gasteiger partial charge in [-0.05, 0) is 19.3 Å². The zero-order chi connectivity index (χ0) is 16.4. The van der Waals surface area contributed by atoms with Gasteiger partial charge in [0.2, 0.25) is 5.91 Å². The van der Waals surface area contributed by atoms with E-state index in [9.17, 15) is 4.79 Å². The first kappa shape index (κ1) is 15.4. The normalized spacial score (nSPS) is 23.8. The predicted molar refractivity (Wildman–Crippen MR) is 91.3 cm³/mol. The van der Waals surface area contributed by atoms with Crippen LogP contribution in [0.1, 0.15) is 19.3 Å². The molecule has 5 nitrogen and oxygen atoms in total. The Kier molecular flexibility index (Phi) is 4.10. The number of imidazole rings is 1. The average Bonchev–Trinajstić information content (AvgIpc) is 3.26. The van der Waals surface area contributed by atoms with Gasteiger partial charge in [0.15, 0.2) is 0 Å². The fraction of sp³-hybridized carbons (Fsp3) is 0.474. The highest BCUT2D eigenvalue weighted by Gasteiger charge is 2.40. The summed E-state index contributed by atoms with van der Waals surface area (Å²) < 4.78 is 7.54. The Hall–Kier alpha value is -2.14. The lowest BCUT2D eigenvalue weighted by Gasteiger charge is -2.39. The first-order chi connectivity index (χ1) is 11.8. The molecule has 126 valence electrons. The number of rotatable bonds is 3. The minimum Gasteiger partial charge on any atom is -0.381 e. The van der Waals surface area contributed by atoms with Crippen LogP contribution in [-0.4, -0.2) is 46.7 Å². The van der Waals surface area contributed by atoms with Crippen LogP contribution in [0.5, 0.6) is 0 Å². The van der Waals surface area contributed by atoms with Crippen molar-refractivity contribution in [2.75, 3.05) is 26.3 Å². The number of likely N-dealkylation sites (tertiary alicyclic amines) is 1. The van der Waals surface area contributed by atoms with Crippen LogP contribution in [0.15, 0.2) is 42.7 Å². The topological polar surface area (TPSA) is 47.4 Å². The summed E-state index contributed by atoms with van der Waals surface area (Å²) in [5.41, 5.74) is 1.24. The summed E-state index contributed by atoms with van der Waals surface area (Å²) in [5, 5.41) is 0. The molecule has 1 aromatic carbocycles. The molecule has 2 aromatic rings. The maximum absolute atomic E-state index is 12.8. The maximum atomic E-state index is 12.8. The standard InChI is InChI=1S/C19H23N3O2/c23-17(22-10-4-7-19(14-22)8-12-24-15-19)13-21-11-9-20-18(21)16-5-2-1-3-6-16/h1-3,5-6,9,11H,4,7-8,10,12-15H2/t19-/m0/s1. The van der Waals surface area contributed by atoms with E-state index in [1.807, 2.05) is 46.0 Å². The molecule has 0 unspecified atom stereocenters. The minimum atomic E-state index is 0.177. The summed E-state index contributed by atoms with van der Waals surface area (Å²) >= 11 is 0. The molecule has 1 atom stereocenters. The van der Waals surface area contributed by atoms with Crippen LogP contribution in [0, 0.1) is 5.41 Å². The molecular weight excluding hydrogens is 302 g/mol. The summed E-state index contributed by atoms with van der Waals surface area (Å²) in [6, 6.07) is 10.0. The molecule has 0 N–H and O–H groups in total. The second kappa shape index (κ2) is 6.40. The SMILES string of the molecule is O=C(Cn1ccnc1-c1ccccc1)N1CCC[C@]2(CCOC2)C1. The van der Waals surface area contributed by atoms with E-state index in [4.69, 9.17) is 4.74 Å². The van der Waals surface area contributed by atoms with Gasteiger partial charge in [-0.3, -0.25) is 4.79 Å². The third-order valence-corrected chi connectivity index (χ3v) is 5.25. The number of benzene rings is 1. The molecule has 2 saturated heterocycles. The van der Waals surface area contributed by atoms with E-state index < -0.39 is 0 Å². The van der Waals surface area contributed by atoms with Gasteiger partial charge in [0.1, 0.15) is 12.4 Å². The highest BCUT2D eigenvalue weighted by molar-refractivity contribution is 5.77. The van der Waals surface area contributed by atoms with Crippen molar-refractivity contribution in [3.05, 3.63) is 42.7 Å². The second-order valence-electron chi connectivity index (χ2n) is 6.97. The third kappa shape index (κ3) is 2.96. The summed E-state index contributed by atoms with van der Waals surface area (Å²) in [5.74, 6) is 1.02. The van der Waals surface area contributed by atoms with Gasteiger partial charge in [0, 0.05) is 43.1 Å². The first-order valence-corrected chi connectivity index (χ1v) is 8.68. The highest BCUT2D eigenvalue weighted by Crippen LogP contribution is 2.37. The zero-order valence-electron chi connectivity index (χ0n) is 13.9. The van der Waals surface area contributed by atoms with Crippen molar-refractivity contribution in [1.29, 1.82) is 0 Å². The van der Waals surface area contributed by atoms with E-state index in [1.165, 1.54) is 6.42 Å². The van der Waals surface area contributed by atoms with Gasteiger partial charge in [0.05, 0.1) is 6.61 Å². The highest BCUT2D eigenvalue weighted by atomic mass is 16.5. The molecule has 1 aromatic heterocycles. The van der Waals surface area contributed by atoms with Gasteiger partial charge < -0.3 is 14.2 Å². The van der Waals surface area contributed by atoms with Crippen LogP contribution in [-0.2, 0) is 16.1 Å². The van der Waals surface area contributed by atoms with Gasteiger partial charge in [0.25, 0.3) is 0 Å². The number of ether oxygens (including phenoxy) is 1. The summed E-state index contributed by atoms with van der Waals surface area (Å²) in [6.07, 6.45) is 6.98. The first-order valence-electron chi connectivity index (χ1n) is 8.68. The van der Waals surface area contributed by atoms with Crippen molar-refractivity contribution in [3.63, 3.8) is 0 Å². The Morgan fingerprint density at radius 1 is 1.25 bits per heavy atom. The Balaban J connectivity index is 1.48. The van der Waals surface area contributed by atoms with Crippen molar-refractivity contribution in [2.24, 2.45) is 5.41 Å². The van der Waals surface area contributed by atoms with Crippen LogP contribution in [0.25, 0.3) is 11.4 Å². The fourth-order valence-corrected chi connectivity index (χ4v) is 3.92. The second-order valence-corrected chi connectivity index (χ2v) is 6.97. The molecule has 0 aliphatic carbocycles. The lowest BCUT2D eigenvalue weighted by atomic mass is 9.79. The smallest absolute Gasteiger partial charge is 0.242 e. The van der Waals surface area contributed by atoms with Gasteiger partial charge in [-0.1, -0.05) is 30.3 Å². The molecule has 0 bridgehead atoms. The van der Waals surface area contributed by atoms with Crippen molar-refractivity contribution < 1.29 is 9.53 Å². The number of amides is 1. The van der Waals surface area contributed by atoms with Crippen LogP contribution >= 0.6 is 0 Å². The van der Waals surface area contributed by atoms with E-state index in [1.54, 1.807) is 6.20 Å². The minimum absolute atomic E-state index is 0.177. The molecule has 2 aliphatic rings. The number of piperidine rings is 1. The molecule has 0 saturated carbocycles. The number of hydrogen-bond acceptors (Lipinski definition) is 3. The summed E-state index contributed by atoms with van der Waals surface area (Å²) in [7, 11) is 0. The van der Waals surface area contributed by atoms with Crippen molar-refractivity contribution in [3.8, 4) is 11.4 Å². The number of carbonyl (C=O) groups is 1. The molecule has 5 heteroatoms. The number of aromatic nitrogens is 2. The molecule has 3 heterocycles. The largest absolute Gasteiger partial charge is 0.381 e. The molecule has 2 fully saturated rings. The van der Waals surface area contributed by atoms with Crippen LogP contribution < -0.4 is 0 Å². The molecule has 0 radical (unpaired) electrons. The Morgan fingerprint density at radius 3 is 2.92 bits per heavy atom. The number of hydrogen-bond donors (Lipinski definition) is 0. The third-order valence-electron chi connectivity index (χ3n) is 5.25.